The van der Waals surface area contributed by atoms with Crippen molar-refractivity contribution < 1.29 is 9.21 Å². The first kappa shape index (κ1) is 26.4. The summed E-state index contributed by atoms with van der Waals surface area (Å²) in [6.07, 6.45) is 3.39. The van der Waals surface area contributed by atoms with E-state index in [1.165, 1.54) is 28.2 Å². The van der Waals surface area contributed by atoms with E-state index in [2.05, 4.69) is 70.0 Å². The van der Waals surface area contributed by atoms with Crippen molar-refractivity contribution in [3.63, 3.8) is 0 Å². The number of furan rings is 1. The molecule has 0 radical (unpaired) electrons. The summed E-state index contributed by atoms with van der Waals surface area (Å²) < 4.78 is 10.2. The predicted octanol–water partition coefficient (Wildman–Crippen LogP) is 6.53. The molecule has 39 heavy (non-hydrogen) atoms. The van der Waals surface area contributed by atoms with Gasteiger partial charge in [-0.3, -0.25) is 4.79 Å². The average molecular weight is 537 g/mol. The second-order valence-corrected chi connectivity index (χ2v) is 10.4. The van der Waals surface area contributed by atoms with Crippen LogP contribution in [0.5, 0.6) is 0 Å². The summed E-state index contributed by atoms with van der Waals surface area (Å²) in [5, 5.41) is 4.05. The molecule has 0 bridgehead atoms. The van der Waals surface area contributed by atoms with Crippen LogP contribution < -0.4 is 10.2 Å². The molecule has 198 valence electrons. The zero-order chi connectivity index (χ0) is 26.9. The van der Waals surface area contributed by atoms with Gasteiger partial charge in [-0.15, -0.1) is 0 Å². The first-order chi connectivity index (χ1) is 19.1. The molecule has 0 spiro atoms. The van der Waals surface area contributed by atoms with Crippen molar-refractivity contribution in [1.29, 1.82) is 0 Å². The Morgan fingerprint density at radius 1 is 0.923 bits per heavy atom. The highest BCUT2D eigenvalue weighted by atomic mass is 32.1. The Bertz CT molecular complexity index is 1430. The van der Waals surface area contributed by atoms with Crippen molar-refractivity contribution in [2.24, 2.45) is 0 Å². The van der Waals surface area contributed by atoms with Crippen LogP contribution in [0.15, 0.2) is 108 Å². The molecule has 3 aromatic carbocycles. The number of aryl methyl sites for hydroxylation is 1. The van der Waals surface area contributed by atoms with Gasteiger partial charge in [0, 0.05) is 30.9 Å². The minimum atomic E-state index is -0.109. The maximum atomic E-state index is 13.2. The Morgan fingerprint density at radius 2 is 1.67 bits per heavy atom. The molecule has 6 nitrogen and oxygen atoms in total. The normalized spacial score (nSPS) is 11.7. The highest BCUT2D eigenvalue weighted by Gasteiger charge is 2.19. The monoisotopic (exact) mass is 536 g/mol. The van der Waals surface area contributed by atoms with Crippen molar-refractivity contribution in [3.8, 4) is 0 Å². The molecule has 0 fully saturated rings. The minimum Gasteiger partial charge on any atom is -0.467 e. The van der Waals surface area contributed by atoms with E-state index in [0.29, 0.717) is 25.9 Å². The molecule has 1 atom stereocenters. The number of carbonyl (C=O) groups excluding carboxylic acids is 1. The van der Waals surface area contributed by atoms with Gasteiger partial charge in [-0.25, -0.2) is 4.98 Å². The zero-order valence-electron chi connectivity index (χ0n) is 22.0. The van der Waals surface area contributed by atoms with E-state index in [9.17, 15) is 4.79 Å². The Morgan fingerprint density at radius 3 is 2.38 bits per heavy atom. The summed E-state index contributed by atoms with van der Waals surface area (Å²) in [6, 6.07) is 32.5. The Hall–Kier alpha value is -4.23. The first-order valence-electron chi connectivity index (χ1n) is 13.2. The van der Waals surface area contributed by atoms with Crippen molar-refractivity contribution in [2.75, 3.05) is 11.4 Å². The summed E-state index contributed by atoms with van der Waals surface area (Å²) in [4.78, 5) is 20.1. The van der Waals surface area contributed by atoms with Gasteiger partial charge in [0.15, 0.2) is 0 Å². The van der Waals surface area contributed by atoms with E-state index < -0.39 is 0 Å². The van der Waals surface area contributed by atoms with Crippen LogP contribution in [-0.2, 0) is 24.2 Å². The fourth-order valence-corrected chi connectivity index (χ4v) is 5.17. The molecule has 1 unspecified atom stereocenters. The summed E-state index contributed by atoms with van der Waals surface area (Å²) in [6.45, 7) is 3.10. The van der Waals surface area contributed by atoms with Crippen LogP contribution in [0.4, 0.5) is 5.13 Å². The molecule has 1 N–H and O–H groups in total. The molecule has 0 aliphatic heterocycles. The van der Waals surface area contributed by atoms with Crippen LogP contribution in [0.1, 0.15) is 46.3 Å². The molecule has 0 saturated heterocycles. The number of amides is 1. The molecule has 7 heteroatoms. The van der Waals surface area contributed by atoms with E-state index in [4.69, 9.17) is 9.40 Å². The maximum absolute atomic E-state index is 13.2. The molecule has 2 heterocycles. The topological polar surface area (TPSA) is 71.3 Å². The number of rotatable bonds is 12. The number of aromatic nitrogens is 2. The van der Waals surface area contributed by atoms with Gasteiger partial charge in [-0.05, 0) is 42.2 Å². The van der Waals surface area contributed by atoms with E-state index in [-0.39, 0.29) is 11.9 Å². The minimum absolute atomic E-state index is 0.00590. The third kappa shape index (κ3) is 7.65. The van der Waals surface area contributed by atoms with Crippen LogP contribution in [0.2, 0.25) is 0 Å². The standard InChI is InChI=1S/C32H32N4O2S/c1-24-14-16-26(17-15-24)22-30-34-32(39-35-30)36(23-28-13-8-20-38-28)19-18-31(37)33-29(27-11-6-3-7-12-27)21-25-9-4-2-5-10-25/h2-17,20,29H,18-19,21-23H2,1H3,(H,33,37). The first-order valence-corrected chi connectivity index (χ1v) is 13.9. The molecule has 0 saturated carbocycles. The molecule has 0 aliphatic carbocycles. The molecule has 5 aromatic rings. The largest absolute Gasteiger partial charge is 0.467 e. The smallest absolute Gasteiger partial charge is 0.222 e. The fraction of sp³-hybridized carbons (Fsp3) is 0.219. The molecule has 0 aliphatic rings. The van der Waals surface area contributed by atoms with Crippen LogP contribution in [0, 0.1) is 6.92 Å². The van der Waals surface area contributed by atoms with Gasteiger partial charge in [-0.2, -0.15) is 4.37 Å². The number of carbonyl (C=O) groups is 1. The van der Waals surface area contributed by atoms with Gasteiger partial charge in [0.05, 0.1) is 18.8 Å². The maximum Gasteiger partial charge on any atom is 0.222 e. The predicted molar refractivity (Wildman–Crippen MR) is 156 cm³/mol. The fourth-order valence-electron chi connectivity index (χ4n) is 4.46. The van der Waals surface area contributed by atoms with Crippen LogP contribution in [-0.4, -0.2) is 21.8 Å². The lowest BCUT2D eigenvalue weighted by Crippen LogP contribution is -2.33. The molecule has 1 amide bonds. The lowest BCUT2D eigenvalue weighted by atomic mass is 9.98. The van der Waals surface area contributed by atoms with Gasteiger partial charge >= 0.3 is 0 Å². The van der Waals surface area contributed by atoms with Gasteiger partial charge in [0.2, 0.25) is 11.0 Å². The number of benzene rings is 3. The number of hydrogen-bond donors (Lipinski definition) is 1. The van der Waals surface area contributed by atoms with Crippen LogP contribution in [0.25, 0.3) is 0 Å². The molecular weight excluding hydrogens is 504 g/mol. The van der Waals surface area contributed by atoms with Gasteiger partial charge in [-0.1, -0.05) is 90.5 Å². The van der Waals surface area contributed by atoms with Crippen LogP contribution >= 0.6 is 11.5 Å². The molecular formula is C32H32N4O2S. The summed E-state index contributed by atoms with van der Waals surface area (Å²) in [7, 11) is 0. The van der Waals surface area contributed by atoms with E-state index >= 15 is 0 Å². The lowest BCUT2D eigenvalue weighted by Gasteiger charge is -2.22. The number of hydrogen-bond acceptors (Lipinski definition) is 6. The zero-order valence-corrected chi connectivity index (χ0v) is 22.8. The van der Waals surface area contributed by atoms with Gasteiger partial charge < -0.3 is 14.6 Å². The highest BCUT2D eigenvalue weighted by Crippen LogP contribution is 2.23. The van der Waals surface area contributed by atoms with Crippen molar-refractivity contribution in [3.05, 3.63) is 137 Å². The quantitative estimate of drug-likeness (QED) is 0.196. The second kappa shape index (κ2) is 13.0. The van der Waals surface area contributed by atoms with Crippen molar-refractivity contribution in [1.82, 2.24) is 14.7 Å². The Balaban J connectivity index is 1.26. The van der Waals surface area contributed by atoms with E-state index in [0.717, 1.165) is 28.7 Å². The summed E-state index contributed by atoms with van der Waals surface area (Å²) in [5.74, 6) is 1.59. The lowest BCUT2D eigenvalue weighted by molar-refractivity contribution is -0.121. The average Bonchev–Trinajstić information content (AvgIpc) is 3.65. The van der Waals surface area contributed by atoms with Gasteiger partial charge in [0.25, 0.3) is 0 Å². The van der Waals surface area contributed by atoms with E-state index in [1.807, 2.05) is 48.5 Å². The van der Waals surface area contributed by atoms with E-state index in [1.54, 1.807) is 6.26 Å². The molecule has 5 rings (SSSR count). The number of nitrogens with zero attached hydrogens (tertiary/aromatic N) is 3. The Labute approximate surface area is 233 Å². The third-order valence-electron chi connectivity index (χ3n) is 6.57. The number of anilines is 1. The Kier molecular flexibility index (Phi) is 8.81. The SMILES string of the molecule is Cc1ccc(Cc2nsc(N(CCC(=O)NC(Cc3ccccc3)c3ccccc3)Cc3ccco3)n2)cc1. The van der Waals surface area contributed by atoms with Gasteiger partial charge in [0.1, 0.15) is 11.6 Å². The highest BCUT2D eigenvalue weighted by molar-refractivity contribution is 7.09. The van der Waals surface area contributed by atoms with Crippen molar-refractivity contribution >= 4 is 22.6 Å². The summed E-state index contributed by atoms with van der Waals surface area (Å²) >= 11 is 1.36. The molecule has 2 aromatic heterocycles. The summed E-state index contributed by atoms with van der Waals surface area (Å²) in [5.41, 5.74) is 4.67. The number of nitrogens with one attached hydrogen (secondary N) is 1. The van der Waals surface area contributed by atoms with Crippen LogP contribution in [0.3, 0.4) is 0 Å². The third-order valence-corrected chi connectivity index (χ3v) is 7.38. The van der Waals surface area contributed by atoms with Crippen molar-refractivity contribution in [2.45, 2.75) is 38.8 Å². The second-order valence-electron chi connectivity index (χ2n) is 9.63.